The van der Waals surface area contributed by atoms with E-state index in [0.29, 0.717) is 22.6 Å². The van der Waals surface area contributed by atoms with Gasteiger partial charge in [-0.05, 0) is 49.7 Å². The third-order valence-electron chi connectivity index (χ3n) is 5.17. The molecular weight excluding hydrogens is 426 g/mol. The van der Waals surface area contributed by atoms with Crippen molar-refractivity contribution in [2.45, 2.75) is 13.8 Å². The molecule has 0 radical (unpaired) electrons. The molecule has 0 spiro atoms. The van der Waals surface area contributed by atoms with Crippen LogP contribution in [0.25, 0.3) is 0 Å². The molecule has 3 aromatic rings. The van der Waals surface area contributed by atoms with E-state index < -0.39 is 22.6 Å². The van der Waals surface area contributed by atoms with Crippen molar-refractivity contribution in [2.24, 2.45) is 0 Å². The molecule has 0 fully saturated rings. The van der Waals surface area contributed by atoms with Crippen LogP contribution in [0.2, 0.25) is 5.02 Å². The number of hydrogen-bond donors (Lipinski definition) is 1. The highest BCUT2D eigenvalue weighted by Crippen LogP contribution is 2.41. The minimum absolute atomic E-state index is 0.0584. The van der Waals surface area contributed by atoms with Gasteiger partial charge >= 0.3 is 0 Å². The smallest absolute Gasteiger partial charge is 0.264 e. The monoisotopic (exact) mass is 440 g/mol. The number of hydrogen-bond acceptors (Lipinski definition) is 4. The Hall–Kier alpha value is -3.70. The number of H-pyrrole nitrogens is 1. The van der Waals surface area contributed by atoms with Crippen molar-refractivity contribution >= 4 is 34.6 Å². The molecule has 2 aromatic carbocycles. The van der Waals surface area contributed by atoms with Crippen LogP contribution >= 0.6 is 11.6 Å². The number of halogens is 3. The summed E-state index contributed by atoms with van der Waals surface area (Å²) >= 11 is 6.00. The van der Waals surface area contributed by atoms with Crippen molar-refractivity contribution in [2.75, 3.05) is 16.5 Å². The topological polar surface area (TPSA) is 80.2 Å². The van der Waals surface area contributed by atoms with E-state index in [-0.39, 0.29) is 29.0 Å². The maximum absolute atomic E-state index is 15.2. The van der Waals surface area contributed by atoms with E-state index in [0.717, 1.165) is 0 Å². The summed E-state index contributed by atoms with van der Waals surface area (Å²) in [7, 11) is 0. The predicted molar refractivity (Wildman–Crippen MR) is 113 cm³/mol. The van der Waals surface area contributed by atoms with E-state index in [4.69, 9.17) is 11.6 Å². The van der Waals surface area contributed by atoms with Gasteiger partial charge in [0.05, 0.1) is 22.0 Å². The van der Waals surface area contributed by atoms with Crippen LogP contribution in [-0.4, -0.2) is 17.6 Å². The first-order valence-corrected chi connectivity index (χ1v) is 9.58. The first-order chi connectivity index (χ1) is 14.7. The van der Waals surface area contributed by atoms with Crippen LogP contribution in [-0.2, 0) is 0 Å². The molecule has 0 atom stereocenters. The first kappa shape index (κ1) is 20.6. The number of nitrogens with zero attached hydrogens (tertiary/aromatic N) is 3. The molecule has 1 aromatic heterocycles. The number of fused-ring (bicyclic) bond motifs is 1. The Morgan fingerprint density at radius 1 is 1.03 bits per heavy atom. The number of nitriles is 1. The summed E-state index contributed by atoms with van der Waals surface area (Å²) in [5.41, 5.74) is 1.23. The third-order valence-corrected chi connectivity index (χ3v) is 5.54. The van der Waals surface area contributed by atoms with Crippen molar-refractivity contribution in [3.8, 4) is 6.07 Å². The zero-order valence-electron chi connectivity index (χ0n) is 16.5. The lowest BCUT2D eigenvalue weighted by Crippen LogP contribution is -2.46. The van der Waals surface area contributed by atoms with Gasteiger partial charge in [-0.2, -0.15) is 5.26 Å². The van der Waals surface area contributed by atoms with Crippen LogP contribution in [0.3, 0.4) is 0 Å². The normalized spacial score (nSPS) is 13.2. The van der Waals surface area contributed by atoms with Crippen LogP contribution in [0.15, 0.2) is 41.2 Å². The molecule has 1 aliphatic heterocycles. The number of pyridine rings is 1. The second kappa shape index (κ2) is 7.52. The minimum atomic E-state index is -1.02. The predicted octanol–water partition coefficient (Wildman–Crippen LogP) is 4.55. The second-order valence-electron chi connectivity index (χ2n) is 7.12. The second-order valence-corrected chi connectivity index (χ2v) is 7.50. The Morgan fingerprint density at radius 2 is 1.74 bits per heavy atom. The fourth-order valence-electron chi connectivity index (χ4n) is 3.70. The van der Waals surface area contributed by atoms with Gasteiger partial charge in [0.15, 0.2) is 5.82 Å². The number of amides is 1. The standard InChI is InChI=1S/C22H15ClF2N4O2/c1-11-7-14(24)3-4-15(11)28-10-29(16-5-6-18(30)27-12(16)2)22(31)19-17(28)8-13(9-26)20(23)21(19)25/h3-8H,10H2,1-2H3,(H,27,30). The van der Waals surface area contributed by atoms with Crippen LogP contribution < -0.4 is 15.4 Å². The van der Waals surface area contributed by atoms with E-state index in [1.165, 1.54) is 41.3 Å². The summed E-state index contributed by atoms with van der Waals surface area (Å²) < 4.78 is 28.9. The van der Waals surface area contributed by atoms with Gasteiger partial charge < -0.3 is 9.88 Å². The van der Waals surface area contributed by atoms with Crippen molar-refractivity contribution in [1.82, 2.24) is 4.98 Å². The average molecular weight is 441 g/mol. The molecule has 9 heteroatoms. The number of benzene rings is 2. The Kier molecular flexibility index (Phi) is 4.99. The largest absolute Gasteiger partial charge is 0.324 e. The number of aromatic nitrogens is 1. The highest BCUT2D eigenvalue weighted by atomic mass is 35.5. The number of carbonyl (C=O) groups excluding carboxylic acids is 1. The number of nitrogens with one attached hydrogen (secondary N) is 1. The van der Waals surface area contributed by atoms with E-state index in [1.807, 2.05) is 6.07 Å². The minimum Gasteiger partial charge on any atom is -0.324 e. The molecule has 1 N–H and O–H groups in total. The quantitative estimate of drug-likeness (QED) is 0.634. The Morgan fingerprint density at radius 3 is 2.39 bits per heavy atom. The number of anilines is 3. The van der Waals surface area contributed by atoms with Gasteiger partial charge in [0.2, 0.25) is 5.56 Å². The molecule has 31 heavy (non-hydrogen) atoms. The van der Waals surface area contributed by atoms with Crippen LogP contribution in [0, 0.1) is 36.8 Å². The fraction of sp³-hybridized carbons (Fsp3) is 0.136. The van der Waals surface area contributed by atoms with Gasteiger partial charge in [0.1, 0.15) is 24.1 Å². The molecule has 1 aliphatic rings. The SMILES string of the molecule is Cc1cc(F)ccc1N1CN(c2ccc(=O)[nH]c2C)C(=O)c2c1cc(C#N)c(Cl)c2F. The van der Waals surface area contributed by atoms with Gasteiger partial charge in [0, 0.05) is 17.4 Å². The van der Waals surface area contributed by atoms with Crippen molar-refractivity contribution < 1.29 is 13.6 Å². The summed E-state index contributed by atoms with van der Waals surface area (Å²) in [5.74, 6) is -2.13. The Balaban J connectivity index is 2.00. The molecule has 0 bridgehead atoms. The molecule has 4 rings (SSSR count). The number of aryl methyl sites for hydroxylation is 2. The Labute approximate surface area is 180 Å². The molecule has 0 saturated heterocycles. The summed E-state index contributed by atoms with van der Waals surface area (Å²) in [4.78, 5) is 30.5. The lowest BCUT2D eigenvalue weighted by molar-refractivity contribution is 0.0979. The van der Waals surface area contributed by atoms with Gasteiger partial charge in [-0.15, -0.1) is 0 Å². The number of carbonyl (C=O) groups is 1. The van der Waals surface area contributed by atoms with E-state index in [9.17, 15) is 19.2 Å². The molecular formula is C22H15ClF2N4O2. The maximum Gasteiger partial charge on any atom is 0.264 e. The van der Waals surface area contributed by atoms with Crippen molar-refractivity contribution in [3.63, 3.8) is 0 Å². The molecule has 1 amide bonds. The van der Waals surface area contributed by atoms with Gasteiger partial charge in [-0.1, -0.05) is 11.6 Å². The first-order valence-electron chi connectivity index (χ1n) is 9.20. The number of rotatable bonds is 2. The Bertz CT molecular complexity index is 1350. The lowest BCUT2D eigenvalue weighted by Gasteiger charge is -2.39. The van der Waals surface area contributed by atoms with E-state index >= 15 is 4.39 Å². The van der Waals surface area contributed by atoms with Crippen LogP contribution in [0.1, 0.15) is 27.2 Å². The van der Waals surface area contributed by atoms with Gasteiger partial charge in [-0.25, -0.2) is 8.78 Å². The summed E-state index contributed by atoms with van der Waals surface area (Å²) in [6.07, 6.45) is 0. The highest BCUT2D eigenvalue weighted by Gasteiger charge is 2.36. The van der Waals surface area contributed by atoms with Crippen molar-refractivity contribution in [3.05, 3.63) is 85.8 Å². The molecule has 6 nitrogen and oxygen atoms in total. The van der Waals surface area contributed by atoms with Crippen LogP contribution in [0.4, 0.5) is 25.8 Å². The van der Waals surface area contributed by atoms with Gasteiger partial charge in [0.25, 0.3) is 5.91 Å². The summed E-state index contributed by atoms with van der Waals surface area (Å²) in [6.45, 7) is 3.24. The summed E-state index contributed by atoms with van der Waals surface area (Å²) in [5, 5.41) is 8.90. The fourth-order valence-corrected chi connectivity index (χ4v) is 3.89. The van der Waals surface area contributed by atoms with E-state index in [2.05, 4.69) is 4.98 Å². The number of aromatic amines is 1. The molecule has 156 valence electrons. The van der Waals surface area contributed by atoms with Crippen LogP contribution in [0.5, 0.6) is 0 Å². The molecule has 2 heterocycles. The van der Waals surface area contributed by atoms with Gasteiger partial charge in [-0.3, -0.25) is 14.5 Å². The molecule has 0 saturated carbocycles. The summed E-state index contributed by atoms with van der Waals surface area (Å²) in [6, 6.07) is 10.00. The molecule has 0 aliphatic carbocycles. The van der Waals surface area contributed by atoms with E-state index in [1.54, 1.807) is 18.7 Å². The zero-order chi connectivity index (χ0) is 22.4. The highest BCUT2D eigenvalue weighted by molar-refractivity contribution is 6.33. The lowest BCUT2D eigenvalue weighted by atomic mass is 10.0. The maximum atomic E-state index is 15.2. The average Bonchev–Trinajstić information content (AvgIpc) is 2.71. The zero-order valence-corrected chi connectivity index (χ0v) is 17.2. The third kappa shape index (κ3) is 3.33. The van der Waals surface area contributed by atoms with Crippen molar-refractivity contribution in [1.29, 1.82) is 5.26 Å². The molecule has 0 unspecified atom stereocenters.